The highest BCUT2D eigenvalue weighted by atomic mass is 32.2. The van der Waals surface area contributed by atoms with Gasteiger partial charge < -0.3 is 4.74 Å². The summed E-state index contributed by atoms with van der Waals surface area (Å²) >= 11 is 0. The third-order valence-electron chi connectivity index (χ3n) is 4.64. The number of nitrogens with one attached hydrogen (secondary N) is 3. The number of aromatic nitrogens is 4. The van der Waals surface area contributed by atoms with Crippen LogP contribution in [0.3, 0.4) is 0 Å². The summed E-state index contributed by atoms with van der Waals surface area (Å²) in [5.74, 6) is -1.18. The predicted octanol–water partition coefficient (Wildman–Crippen LogP) is 0.435. The fourth-order valence-corrected chi connectivity index (χ4v) is 4.14. The number of rotatable bonds is 8. The fraction of sp³-hybridized carbons (Fsp3) is 0.250. The maximum Gasteiger partial charge on any atom is 0.269 e. The van der Waals surface area contributed by atoms with Gasteiger partial charge in [-0.3, -0.25) is 20.4 Å². The second-order valence-corrected chi connectivity index (χ2v) is 8.98. The predicted molar refractivity (Wildman–Crippen MR) is 117 cm³/mol. The normalized spacial score (nSPS) is 12.2. The van der Waals surface area contributed by atoms with Gasteiger partial charge in [-0.25, -0.2) is 13.1 Å². The van der Waals surface area contributed by atoms with Crippen LogP contribution in [0.4, 0.5) is 0 Å². The molecule has 3 rings (SSSR count). The number of carbonyl (C=O) groups excluding carboxylic acids is 2. The lowest BCUT2D eigenvalue weighted by Crippen LogP contribution is -2.54. The minimum atomic E-state index is -3.99. The van der Waals surface area contributed by atoms with Gasteiger partial charge in [-0.1, -0.05) is 13.8 Å². The number of hydrazine groups is 1. The number of ether oxygens (including phenoxy) is 1. The Kier molecular flexibility index (Phi) is 7.35. The van der Waals surface area contributed by atoms with Crippen LogP contribution in [-0.2, 0) is 14.8 Å². The zero-order valence-corrected chi connectivity index (χ0v) is 18.9. The fourth-order valence-electron chi connectivity index (χ4n) is 2.80. The molecule has 0 aliphatic heterocycles. The molecule has 0 fully saturated rings. The molecule has 3 N–H and O–H groups in total. The molecule has 1 aromatic heterocycles. The van der Waals surface area contributed by atoms with Crippen molar-refractivity contribution >= 4 is 21.8 Å². The van der Waals surface area contributed by atoms with E-state index in [0.717, 1.165) is 0 Å². The molecule has 12 nitrogen and oxygen atoms in total. The van der Waals surface area contributed by atoms with E-state index in [2.05, 4.69) is 31.1 Å². The molecule has 2 amide bonds. The molecule has 1 heterocycles. The molecule has 13 heteroatoms. The van der Waals surface area contributed by atoms with Gasteiger partial charge in [-0.05, 0) is 64.9 Å². The highest BCUT2D eigenvalue weighted by Gasteiger charge is 2.28. The SMILES string of the molecule is COc1ccc(S(=O)(=O)NC(C(=O)NNC(=O)c2ccc(-n3cnnn3)cc2)C(C)C)cc1. The molecule has 174 valence electrons. The number of amides is 2. The summed E-state index contributed by atoms with van der Waals surface area (Å²) in [5, 5.41) is 10.8. The van der Waals surface area contributed by atoms with Crippen LogP contribution in [0.5, 0.6) is 5.75 Å². The van der Waals surface area contributed by atoms with Crippen LogP contribution in [0, 0.1) is 5.92 Å². The number of hydrogen-bond acceptors (Lipinski definition) is 8. The summed E-state index contributed by atoms with van der Waals surface area (Å²) in [6, 6.07) is 11.0. The molecule has 2 aromatic carbocycles. The van der Waals surface area contributed by atoms with E-state index in [-0.39, 0.29) is 10.5 Å². The summed E-state index contributed by atoms with van der Waals surface area (Å²) < 4.78 is 34.2. The zero-order chi connectivity index (χ0) is 24.0. The standard InChI is InChI=1S/C20H23N7O5S/c1-13(2)18(24-33(30,31)17-10-8-16(32-3)9-11-17)20(29)23-22-19(28)14-4-6-15(7-5-14)27-12-21-25-26-27/h4-13,18,24H,1-3H3,(H,22,28)(H,23,29). The summed E-state index contributed by atoms with van der Waals surface area (Å²) in [4.78, 5) is 25.0. The van der Waals surface area contributed by atoms with Crippen molar-refractivity contribution in [2.75, 3.05) is 7.11 Å². The van der Waals surface area contributed by atoms with Crippen molar-refractivity contribution in [2.24, 2.45) is 5.92 Å². The largest absolute Gasteiger partial charge is 0.497 e. The Morgan fingerprint density at radius 1 is 1.00 bits per heavy atom. The minimum Gasteiger partial charge on any atom is -0.497 e. The number of nitrogens with zero attached hydrogens (tertiary/aromatic N) is 4. The zero-order valence-electron chi connectivity index (χ0n) is 18.1. The van der Waals surface area contributed by atoms with Crippen molar-refractivity contribution in [3.63, 3.8) is 0 Å². The van der Waals surface area contributed by atoms with Crippen molar-refractivity contribution in [1.82, 2.24) is 35.8 Å². The lowest BCUT2D eigenvalue weighted by Gasteiger charge is -2.22. The number of hydrogen-bond donors (Lipinski definition) is 3. The second-order valence-electron chi connectivity index (χ2n) is 7.26. The molecular weight excluding hydrogens is 450 g/mol. The van der Waals surface area contributed by atoms with E-state index in [1.807, 2.05) is 0 Å². The van der Waals surface area contributed by atoms with Gasteiger partial charge in [0.15, 0.2) is 0 Å². The Bertz CT molecular complexity index is 1190. The van der Waals surface area contributed by atoms with Gasteiger partial charge in [0.2, 0.25) is 10.0 Å². The van der Waals surface area contributed by atoms with Crippen LogP contribution in [0.2, 0.25) is 0 Å². The smallest absolute Gasteiger partial charge is 0.269 e. The van der Waals surface area contributed by atoms with Gasteiger partial charge in [-0.15, -0.1) is 5.10 Å². The molecule has 0 saturated carbocycles. The van der Waals surface area contributed by atoms with Crippen molar-refractivity contribution in [3.05, 3.63) is 60.4 Å². The molecular formula is C20H23N7O5S. The summed E-state index contributed by atoms with van der Waals surface area (Å²) in [7, 11) is -2.52. The van der Waals surface area contributed by atoms with Gasteiger partial charge >= 0.3 is 0 Å². The summed E-state index contributed by atoms with van der Waals surface area (Å²) in [6.07, 6.45) is 1.41. The van der Waals surface area contributed by atoms with E-state index in [9.17, 15) is 18.0 Å². The van der Waals surface area contributed by atoms with E-state index in [1.54, 1.807) is 26.0 Å². The first kappa shape index (κ1) is 23.8. The molecule has 0 aliphatic rings. The topological polar surface area (TPSA) is 157 Å². The maximum absolute atomic E-state index is 12.7. The summed E-state index contributed by atoms with van der Waals surface area (Å²) in [5.41, 5.74) is 5.48. The Labute approximate surface area is 190 Å². The molecule has 1 atom stereocenters. The Morgan fingerprint density at radius 3 is 2.21 bits per heavy atom. The number of methoxy groups -OCH3 is 1. The van der Waals surface area contributed by atoms with Crippen molar-refractivity contribution in [2.45, 2.75) is 24.8 Å². The maximum atomic E-state index is 12.7. The molecule has 0 radical (unpaired) electrons. The van der Waals surface area contributed by atoms with Crippen molar-refractivity contribution in [3.8, 4) is 11.4 Å². The van der Waals surface area contributed by atoms with Crippen LogP contribution in [0.15, 0.2) is 59.8 Å². The van der Waals surface area contributed by atoms with Gasteiger partial charge in [-0.2, -0.15) is 4.72 Å². The number of carbonyl (C=O) groups is 2. The Hall–Kier alpha value is -3.84. The highest BCUT2D eigenvalue weighted by molar-refractivity contribution is 7.89. The van der Waals surface area contributed by atoms with Gasteiger partial charge in [0.25, 0.3) is 11.8 Å². The lowest BCUT2D eigenvalue weighted by molar-refractivity contribution is -0.124. The van der Waals surface area contributed by atoms with Crippen molar-refractivity contribution < 1.29 is 22.7 Å². The van der Waals surface area contributed by atoms with E-state index in [4.69, 9.17) is 4.74 Å². The van der Waals surface area contributed by atoms with Gasteiger partial charge in [0.05, 0.1) is 17.7 Å². The first-order valence-corrected chi connectivity index (χ1v) is 11.3. The number of sulfonamides is 1. The minimum absolute atomic E-state index is 0.0199. The van der Waals surface area contributed by atoms with E-state index in [0.29, 0.717) is 11.4 Å². The highest BCUT2D eigenvalue weighted by Crippen LogP contribution is 2.17. The molecule has 0 aliphatic carbocycles. The van der Waals surface area contributed by atoms with Crippen LogP contribution < -0.4 is 20.3 Å². The van der Waals surface area contributed by atoms with E-state index in [1.165, 1.54) is 54.5 Å². The lowest BCUT2D eigenvalue weighted by atomic mass is 10.1. The molecule has 3 aromatic rings. The molecule has 1 unspecified atom stereocenters. The molecule has 33 heavy (non-hydrogen) atoms. The van der Waals surface area contributed by atoms with E-state index < -0.39 is 33.8 Å². The second kappa shape index (κ2) is 10.2. The van der Waals surface area contributed by atoms with Crippen molar-refractivity contribution in [1.29, 1.82) is 0 Å². The van der Waals surface area contributed by atoms with Crippen LogP contribution in [0.25, 0.3) is 5.69 Å². The molecule has 0 bridgehead atoms. The average Bonchev–Trinajstić information content (AvgIpc) is 3.36. The van der Waals surface area contributed by atoms with E-state index >= 15 is 0 Å². The first-order chi connectivity index (χ1) is 15.7. The Balaban J connectivity index is 1.63. The third-order valence-corrected chi connectivity index (χ3v) is 6.10. The average molecular weight is 474 g/mol. The molecule has 0 spiro atoms. The third kappa shape index (κ3) is 5.90. The monoisotopic (exact) mass is 473 g/mol. The van der Waals surface area contributed by atoms with Gasteiger partial charge in [0.1, 0.15) is 18.1 Å². The number of tetrazole rings is 1. The first-order valence-electron chi connectivity index (χ1n) is 9.81. The Morgan fingerprint density at radius 2 is 1.67 bits per heavy atom. The quantitative estimate of drug-likeness (QED) is 0.398. The number of benzene rings is 2. The van der Waals surface area contributed by atoms with Gasteiger partial charge in [0, 0.05) is 5.56 Å². The van der Waals surface area contributed by atoms with Crippen LogP contribution in [-0.4, -0.2) is 53.6 Å². The van der Waals surface area contributed by atoms with Crippen LogP contribution in [0.1, 0.15) is 24.2 Å². The van der Waals surface area contributed by atoms with Crippen LogP contribution >= 0.6 is 0 Å². The molecule has 0 saturated heterocycles. The summed E-state index contributed by atoms with van der Waals surface area (Å²) in [6.45, 7) is 3.36.